The van der Waals surface area contributed by atoms with Crippen LogP contribution in [0.1, 0.15) is 39.0 Å². The lowest BCUT2D eigenvalue weighted by Gasteiger charge is -2.30. The number of rotatable bonds is 3. The fourth-order valence-electron chi connectivity index (χ4n) is 3.16. The van der Waals surface area contributed by atoms with Gasteiger partial charge in [0.05, 0.1) is 15.8 Å². The maximum atomic E-state index is 12.9. The quantitative estimate of drug-likeness (QED) is 0.906. The van der Waals surface area contributed by atoms with Gasteiger partial charge in [-0.25, -0.2) is 8.42 Å². The molecule has 0 spiro atoms. The molecular formula is C16H22N2O3S2. The summed E-state index contributed by atoms with van der Waals surface area (Å²) < 4.78 is 27.2. The first kappa shape index (κ1) is 16.8. The van der Waals surface area contributed by atoms with Crippen LogP contribution in [0.3, 0.4) is 0 Å². The zero-order valence-electron chi connectivity index (χ0n) is 13.4. The highest BCUT2D eigenvalue weighted by molar-refractivity contribution is 8.01. The number of thioether (sulfide) groups is 1. The summed E-state index contributed by atoms with van der Waals surface area (Å²) in [6.45, 7) is 1.84. The zero-order chi connectivity index (χ0) is 16.6. The molecule has 0 aromatic heterocycles. The third-order valence-electron chi connectivity index (χ3n) is 4.65. The Labute approximate surface area is 141 Å². The summed E-state index contributed by atoms with van der Waals surface area (Å²) in [7, 11) is -1.86. The molecule has 1 N–H and O–H groups in total. The molecule has 1 amide bonds. The normalized spacial score (nSPS) is 22.7. The molecule has 5 nitrogen and oxygen atoms in total. The van der Waals surface area contributed by atoms with Crippen molar-refractivity contribution in [3.8, 4) is 0 Å². The molecule has 0 saturated heterocycles. The smallest absolute Gasteiger partial charge is 0.243 e. The minimum absolute atomic E-state index is 0.0776. The predicted octanol–water partition coefficient (Wildman–Crippen LogP) is 3.07. The number of hydrogen-bond donors (Lipinski definition) is 1. The summed E-state index contributed by atoms with van der Waals surface area (Å²) in [6.07, 6.45) is 5.19. The van der Waals surface area contributed by atoms with E-state index in [0.717, 1.165) is 30.6 Å². The van der Waals surface area contributed by atoms with Crippen LogP contribution in [0.2, 0.25) is 0 Å². The molecule has 2 aliphatic rings. The summed E-state index contributed by atoms with van der Waals surface area (Å²) in [5, 5.41) is 2.64. The first-order valence-corrected chi connectivity index (χ1v) is 10.3. The van der Waals surface area contributed by atoms with Gasteiger partial charge in [0.2, 0.25) is 15.9 Å². The number of nitrogens with one attached hydrogen (secondary N) is 1. The van der Waals surface area contributed by atoms with Crippen LogP contribution in [0, 0.1) is 0 Å². The molecular weight excluding hydrogens is 332 g/mol. The van der Waals surface area contributed by atoms with E-state index in [4.69, 9.17) is 0 Å². The Morgan fingerprint density at radius 1 is 1.22 bits per heavy atom. The summed E-state index contributed by atoms with van der Waals surface area (Å²) in [4.78, 5) is 13.0. The Hall–Kier alpha value is -1.05. The van der Waals surface area contributed by atoms with Crippen molar-refractivity contribution in [2.45, 2.75) is 60.1 Å². The van der Waals surface area contributed by atoms with Crippen LogP contribution in [0.5, 0.6) is 0 Å². The summed E-state index contributed by atoms with van der Waals surface area (Å²) in [6, 6.07) is 5.09. The van der Waals surface area contributed by atoms with Gasteiger partial charge in [-0.1, -0.05) is 19.3 Å². The van der Waals surface area contributed by atoms with Crippen LogP contribution in [0.15, 0.2) is 28.0 Å². The molecule has 126 valence electrons. The molecule has 1 aliphatic heterocycles. The van der Waals surface area contributed by atoms with Crippen molar-refractivity contribution in [3.05, 3.63) is 18.2 Å². The number of hydrogen-bond acceptors (Lipinski definition) is 4. The third kappa shape index (κ3) is 3.27. The average molecular weight is 354 g/mol. The number of carbonyl (C=O) groups excluding carboxylic acids is 1. The maximum Gasteiger partial charge on any atom is 0.243 e. The van der Waals surface area contributed by atoms with Gasteiger partial charge in [0, 0.05) is 18.0 Å². The van der Waals surface area contributed by atoms with E-state index in [9.17, 15) is 13.2 Å². The lowest BCUT2D eigenvalue weighted by molar-refractivity contribution is -0.115. The average Bonchev–Trinajstić information content (AvgIpc) is 2.55. The van der Waals surface area contributed by atoms with Crippen molar-refractivity contribution in [2.75, 3.05) is 12.4 Å². The van der Waals surface area contributed by atoms with E-state index in [-0.39, 0.29) is 22.1 Å². The fourth-order valence-corrected chi connectivity index (χ4v) is 5.53. The number of amides is 1. The molecule has 1 fully saturated rings. The standard InChI is InChI=1S/C16H22N2O3S2/c1-11-16(19)17-14-10-13(8-9-15(14)22-11)23(20,21)18(2)12-6-4-3-5-7-12/h8-12H,3-7H2,1-2H3,(H,17,19)/t11-/m0/s1. The van der Waals surface area contributed by atoms with Crippen molar-refractivity contribution >= 4 is 33.4 Å². The van der Waals surface area contributed by atoms with Gasteiger partial charge in [-0.15, -0.1) is 11.8 Å². The van der Waals surface area contributed by atoms with Gasteiger partial charge in [0.15, 0.2) is 0 Å². The Morgan fingerprint density at radius 2 is 1.91 bits per heavy atom. The molecule has 1 saturated carbocycles. The molecule has 3 rings (SSSR count). The maximum absolute atomic E-state index is 12.9. The molecule has 1 aromatic carbocycles. The van der Waals surface area contributed by atoms with Crippen LogP contribution >= 0.6 is 11.8 Å². The lowest BCUT2D eigenvalue weighted by Crippen LogP contribution is -2.38. The molecule has 1 atom stereocenters. The fraction of sp³-hybridized carbons (Fsp3) is 0.562. The predicted molar refractivity (Wildman–Crippen MR) is 92.2 cm³/mol. The van der Waals surface area contributed by atoms with E-state index < -0.39 is 10.0 Å². The second-order valence-electron chi connectivity index (χ2n) is 6.22. The lowest BCUT2D eigenvalue weighted by atomic mass is 9.96. The van der Waals surface area contributed by atoms with E-state index in [2.05, 4.69) is 5.32 Å². The van der Waals surface area contributed by atoms with Crippen LogP contribution in [-0.4, -0.2) is 37.0 Å². The van der Waals surface area contributed by atoms with Gasteiger partial charge < -0.3 is 5.32 Å². The van der Waals surface area contributed by atoms with E-state index in [1.54, 1.807) is 25.2 Å². The number of nitrogens with zero attached hydrogens (tertiary/aromatic N) is 1. The monoisotopic (exact) mass is 354 g/mol. The topological polar surface area (TPSA) is 66.5 Å². The van der Waals surface area contributed by atoms with Gasteiger partial charge in [-0.2, -0.15) is 4.31 Å². The van der Waals surface area contributed by atoms with E-state index >= 15 is 0 Å². The number of anilines is 1. The first-order chi connectivity index (χ1) is 10.9. The zero-order valence-corrected chi connectivity index (χ0v) is 15.0. The van der Waals surface area contributed by atoms with Gasteiger partial charge in [0.1, 0.15) is 0 Å². The van der Waals surface area contributed by atoms with E-state index in [0.29, 0.717) is 5.69 Å². The Bertz CT molecular complexity index is 712. The van der Waals surface area contributed by atoms with Gasteiger partial charge >= 0.3 is 0 Å². The molecule has 1 aliphatic carbocycles. The van der Waals surface area contributed by atoms with E-state index in [1.165, 1.54) is 22.5 Å². The van der Waals surface area contributed by atoms with Crippen molar-refractivity contribution < 1.29 is 13.2 Å². The third-order valence-corrected chi connectivity index (χ3v) is 7.73. The van der Waals surface area contributed by atoms with Crippen molar-refractivity contribution in [2.24, 2.45) is 0 Å². The number of fused-ring (bicyclic) bond motifs is 1. The molecule has 1 aromatic rings. The molecule has 0 unspecified atom stereocenters. The molecule has 1 heterocycles. The Balaban J connectivity index is 1.88. The van der Waals surface area contributed by atoms with E-state index in [1.807, 2.05) is 6.92 Å². The van der Waals surface area contributed by atoms with Crippen LogP contribution in [0.4, 0.5) is 5.69 Å². The minimum Gasteiger partial charge on any atom is -0.324 e. The van der Waals surface area contributed by atoms with Crippen LogP contribution in [-0.2, 0) is 14.8 Å². The Morgan fingerprint density at radius 3 is 2.61 bits per heavy atom. The second-order valence-corrected chi connectivity index (χ2v) is 9.60. The highest BCUT2D eigenvalue weighted by atomic mass is 32.2. The van der Waals surface area contributed by atoms with Crippen molar-refractivity contribution in [1.82, 2.24) is 4.31 Å². The largest absolute Gasteiger partial charge is 0.324 e. The highest BCUT2D eigenvalue weighted by Crippen LogP contribution is 2.37. The summed E-state index contributed by atoms with van der Waals surface area (Å²) >= 11 is 1.46. The SMILES string of the molecule is C[C@@H]1Sc2ccc(S(=O)(=O)N(C)C3CCCCC3)cc2NC1=O. The molecule has 23 heavy (non-hydrogen) atoms. The molecule has 0 bridgehead atoms. The van der Waals surface area contributed by atoms with Gasteiger partial charge in [-0.3, -0.25) is 4.79 Å². The van der Waals surface area contributed by atoms with Gasteiger partial charge in [0.25, 0.3) is 0 Å². The summed E-state index contributed by atoms with van der Waals surface area (Å²) in [5.74, 6) is -0.0855. The van der Waals surface area contributed by atoms with Gasteiger partial charge in [-0.05, 0) is 38.0 Å². The number of carbonyl (C=O) groups is 1. The van der Waals surface area contributed by atoms with Crippen molar-refractivity contribution in [1.29, 1.82) is 0 Å². The second kappa shape index (κ2) is 6.45. The number of benzene rings is 1. The highest BCUT2D eigenvalue weighted by Gasteiger charge is 2.31. The summed E-state index contributed by atoms with van der Waals surface area (Å²) in [5.41, 5.74) is 0.594. The first-order valence-electron chi connectivity index (χ1n) is 7.99. The van der Waals surface area contributed by atoms with Crippen LogP contribution < -0.4 is 5.32 Å². The van der Waals surface area contributed by atoms with Crippen LogP contribution in [0.25, 0.3) is 0 Å². The minimum atomic E-state index is -3.53. The Kier molecular flexibility index (Phi) is 4.71. The number of sulfonamides is 1. The molecule has 0 radical (unpaired) electrons. The van der Waals surface area contributed by atoms with Crippen molar-refractivity contribution in [3.63, 3.8) is 0 Å². The molecule has 7 heteroatoms.